The van der Waals surface area contributed by atoms with Crippen LogP contribution in [0.4, 0.5) is 5.69 Å². The van der Waals surface area contributed by atoms with Gasteiger partial charge in [-0.1, -0.05) is 23.8 Å². The van der Waals surface area contributed by atoms with Gasteiger partial charge in [0.2, 0.25) is 11.8 Å². The molecule has 148 valence electrons. The fourth-order valence-corrected chi connectivity index (χ4v) is 4.24. The quantitative estimate of drug-likeness (QED) is 0.756. The van der Waals surface area contributed by atoms with Crippen molar-refractivity contribution in [3.05, 3.63) is 52.2 Å². The molecule has 1 aliphatic rings. The molecule has 0 saturated carbocycles. The van der Waals surface area contributed by atoms with E-state index in [1.165, 1.54) is 11.3 Å². The zero-order valence-electron chi connectivity index (χ0n) is 16.2. The molecule has 2 aromatic rings. The molecule has 3 rings (SSSR count). The van der Waals surface area contributed by atoms with E-state index in [0.29, 0.717) is 0 Å². The summed E-state index contributed by atoms with van der Waals surface area (Å²) in [7, 11) is 0. The Morgan fingerprint density at radius 2 is 1.96 bits per heavy atom. The van der Waals surface area contributed by atoms with Crippen LogP contribution in [0.2, 0.25) is 0 Å². The fourth-order valence-electron chi connectivity index (χ4n) is 3.36. The molecule has 1 aromatic heterocycles. The van der Waals surface area contributed by atoms with Crippen LogP contribution < -0.4 is 10.2 Å². The predicted molar refractivity (Wildman–Crippen MR) is 108 cm³/mol. The first-order chi connectivity index (χ1) is 13.4. The molecular weight excluding hydrogens is 376 g/mol. The Bertz CT molecular complexity index is 846. The van der Waals surface area contributed by atoms with E-state index in [1.54, 1.807) is 18.7 Å². The molecule has 2 atom stereocenters. The third-order valence-electron chi connectivity index (χ3n) is 4.58. The normalized spacial score (nSPS) is 19.1. The molecule has 0 spiro atoms. The summed E-state index contributed by atoms with van der Waals surface area (Å²) in [4.78, 5) is 40.0. The average molecular weight is 401 g/mol. The molecule has 7 heteroatoms. The average Bonchev–Trinajstić information content (AvgIpc) is 3.27. The zero-order chi connectivity index (χ0) is 20.3. The number of benzene rings is 1. The van der Waals surface area contributed by atoms with Crippen LogP contribution in [0.15, 0.2) is 41.8 Å². The number of anilines is 1. The summed E-state index contributed by atoms with van der Waals surface area (Å²) in [5, 5.41) is 4.57. The van der Waals surface area contributed by atoms with E-state index in [9.17, 15) is 14.4 Å². The van der Waals surface area contributed by atoms with Crippen molar-refractivity contribution in [1.82, 2.24) is 5.32 Å². The Hall–Kier alpha value is -2.67. The number of carbonyl (C=O) groups excluding carboxylic acids is 3. The minimum Gasteiger partial charge on any atom is -0.462 e. The minimum atomic E-state index is -0.570. The van der Waals surface area contributed by atoms with Gasteiger partial charge in [-0.15, -0.1) is 11.3 Å². The van der Waals surface area contributed by atoms with E-state index in [1.807, 2.05) is 48.7 Å². The van der Waals surface area contributed by atoms with E-state index >= 15 is 0 Å². The van der Waals surface area contributed by atoms with Crippen molar-refractivity contribution in [3.8, 4) is 0 Å². The topological polar surface area (TPSA) is 75.7 Å². The van der Waals surface area contributed by atoms with Crippen LogP contribution in [0.1, 0.15) is 36.8 Å². The minimum absolute atomic E-state index is 0.0987. The Morgan fingerprint density at radius 3 is 2.57 bits per heavy atom. The van der Waals surface area contributed by atoms with Gasteiger partial charge in [-0.3, -0.25) is 14.4 Å². The van der Waals surface area contributed by atoms with Gasteiger partial charge in [-0.2, -0.15) is 0 Å². The second-order valence-corrected chi connectivity index (χ2v) is 8.11. The summed E-state index contributed by atoms with van der Waals surface area (Å²) in [6, 6.07) is 11.1. The van der Waals surface area contributed by atoms with Crippen LogP contribution in [-0.4, -0.2) is 30.4 Å². The van der Waals surface area contributed by atoms with Crippen molar-refractivity contribution >= 4 is 34.8 Å². The van der Waals surface area contributed by atoms with Gasteiger partial charge in [0.05, 0.1) is 18.1 Å². The standard InChI is InChI=1S/C21H24N2O4S/c1-13(2)27-19(25)12-22-21(26)16-11-18(24)23(15-8-6-14(3)7-9-15)20(16)17-5-4-10-28-17/h4-10,13,16,20H,11-12H2,1-3H3,(H,22,26). The van der Waals surface area contributed by atoms with Crippen molar-refractivity contribution in [1.29, 1.82) is 0 Å². The summed E-state index contributed by atoms with van der Waals surface area (Å²) in [5.74, 6) is -1.48. The van der Waals surface area contributed by atoms with E-state index in [0.717, 1.165) is 16.1 Å². The van der Waals surface area contributed by atoms with E-state index in [4.69, 9.17) is 4.74 Å². The number of nitrogens with zero attached hydrogens (tertiary/aromatic N) is 1. The number of hydrogen-bond acceptors (Lipinski definition) is 5. The number of esters is 1. The third kappa shape index (κ3) is 4.42. The van der Waals surface area contributed by atoms with Crippen LogP contribution in [0.3, 0.4) is 0 Å². The fraction of sp³-hybridized carbons (Fsp3) is 0.381. The van der Waals surface area contributed by atoms with Crippen molar-refractivity contribution in [2.45, 2.75) is 39.3 Å². The lowest BCUT2D eigenvalue weighted by atomic mass is 9.97. The Kier molecular flexibility index (Phi) is 6.14. The van der Waals surface area contributed by atoms with Gasteiger partial charge in [0.25, 0.3) is 0 Å². The molecule has 1 saturated heterocycles. The summed E-state index contributed by atoms with van der Waals surface area (Å²) in [6.45, 7) is 5.28. The van der Waals surface area contributed by atoms with Gasteiger partial charge >= 0.3 is 5.97 Å². The lowest BCUT2D eigenvalue weighted by molar-refractivity contribution is -0.147. The molecule has 2 amide bonds. The van der Waals surface area contributed by atoms with Gasteiger partial charge in [0.15, 0.2) is 0 Å². The Balaban J connectivity index is 1.82. The molecule has 2 unspecified atom stereocenters. The van der Waals surface area contributed by atoms with Crippen molar-refractivity contribution in [2.24, 2.45) is 5.92 Å². The second kappa shape index (κ2) is 8.56. The number of nitrogens with one attached hydrogen (secondary N) is 1. The van der Waals surface area contributed by atoms with Gasteiger partial charge in [-0.05, 0) is 44.4 Å². The van der Waals surface area contributed by atoms with Crippen molar-refractivity contribution < 1.29 is 19.1 Å². The van der Waals surface area contributed by atoms with Gasteiger partial charge in [0.1, 0.15) is 6.54 Å². The third-order valence-corrected chi connectivity index (χ3v) is 5.52. The highest BCUT2D eigenvalue weighted by Crippen LogP contribution is 2.43. The molecular formula is C21H24N2O4S. The molecule has 6 nitrogen and oxygen atoms in total. The summed E-state index contributed by atoms with van der Waals surface area (Å²) < 4.78 is 5.06. The maximum Gasteiger partial charge on any atom is 0.325 e. The highest BCUT2D eigenvalue weighted by molar-refractivity contribution is 7.10. The number of amides is 2. The van der Waals surface area contributed by atoms with E-state index in [-0.39, 0.29) is 30.9 Å². The number of ether oxygens (including phenoxy) is 1. The first-order valence-corrected chi connectivity index (χ1v) is 10.1. The van der Waals surface area contributed by atoms with Crippen molar-refractivity contribution in [3.63, 3.8) is 0 Å². The monoisotopic (exact) mass is 400 g/mol. The largest absolute Gasteiger partial charge is 0.462 e. The Labute approximate surface area is 168 Å². The number of carbonyl (C=O) groups is 3. The number of rotatable bonds is 6. The summed E-state index contributed by atoms with van der Waals surface area (Å²) in [5.41, 5.74) is 1.87. The highest BCUT2D eigenvalue weighted by atomic mass is 32.1. The molecule has 0 aliphatic carbocycles. The molecule has 2 heterocycles. The molecule has 1 aromatic carbocycles. The second-order valence-electron chi connectivity index (χ2n) is 7.13. The van der Waals surface area contributed by atoms with Gasteiger partial charge in [0, 0.05) is 17.0 Å². The lowest BCUT2D eigenvalue weighted by Crippen LogP contribution is -2.38. The van der Waals surface area contributed by atoms with Crippen LogP contribution in [0, 0.1) is 12.8 Å². The molecule has 1 N–H and O–H groups in total. The predicted octanol–water partition coefficient (Wildman–Crippen LogP) is 3.22. The number of hydrogen-bond donors (Lipinski definition) is 1. The number of aryl methyl sites for hydroxylation is 1. The van der Waals surface area contributed by atoms with E-state index < -0.39 is 17.9 Å². The molecule has 1 fully saturated rings. The molecule has 0 bridgehead atoms. The number of thiophene rings is 1. The lowest BCUT2D eigenvalue weighted by Gasteiger charge is -2.27. The SMILES string of the molecule is Cc1ccc(N2C(=O)CC(C(=O)NCC(=O)OC(C)C)C2c2cccs2)cc1. The van der Waals surface area contributed by atoms with Crippen molar-refractivity contribution in [2.75, 3.05) is 11.4 Å². The van der Waals surface area contributed by atoms with Crippen LogP contribution in [0.25, 0.3) is 0 Å². The smallest absolute Gasteiger partial charge is 0.325 e. The van der Waals surface area contributed by atoms with Crippen LogP contribution in [0.5, 0.6) is 0 Å². The maximum atomic E-state index is 12.8. The van der Waals surface area contributed by atoms with Gasteiger partial charge in [-0.25, -0.2) is 0 Å². The first kappa shape index (κ1) is 20.1. The van der Waals surface area contributed by atoms with Crippen LogP contribution >= 0.6 is 11.3 Å². The summed E-state index contributed by atoms with van der Waals surface area (Å²) in [6.07, 6.45) is -0.144. The molecule has 1 aliphatic heterocycles. The van der Waals surface area contributed by atoms with E-state index in [2.05, 4.69) is 5.32 Å². The van der Waals surface area contributed by atoms with Gasteiger partial charge < -0.3 is 15.0 Å². The molecule has 0 radical (unpaired) electrons. The zero-order valence-corrected chi connectivity index (χ0v) is 17.0. The first-order valence-electron chi connectivity index (χ1n) is 9.26. The Morgan fingerprint density at radius 1 is 1.25 bits per heavy atom. The highest BCUT2D eigenvalue weighted by Gasteiger charge is 2.45. The maximum absolute atomic E-state index is 12.8. The molecule has 28 heavy (non-hydrogen) atoms. The van der Waals surface area contributed by atoms with Crippen LogP contribution in [-0.2, 0) is 19.1 Å². The summed E-state index contributed by atoms with van der Waals surface area (Å²) >= 11 is 1.51.